The summed E-state index contributed by atoms with van der Waals surface area (Å²) in [5.74, 6) is 1.11. The fraction of sp³-hybridized carbons (Fsp3) is 0.522. The predicted molar refractivity (Wildman–Crippen MR) is 229 cm³/mol. The van der Waals surface area contributed by atoms with Gasteiger partial charge < -0.3 is 54.1 Å². The van der Waals surface area contributed by atoms with Gasteiger partial charge >= 0.3 is 12.2 Å². The average Bonchev–Trinajstić information content (AvgIpc) is 4.17. The Bertz CT molecular complexity index is 2140. The van der Waals surface area contributed by atoms with Crippen LogP contribution >= 0.6 is 0 Å². The number of imidazole rings is 2. The van der Waals surface area contributed by atoms with E-state index in [9.17, 15) is 19.2 Å². The summed E-state index contributed by atoms with van der Waals surface area (Å²) in [6.45, 7) is 4.23. The number of nitrogens with zero attached hydrogens (tertiary/aromatic N) is 4. The van der Waals surface area contributed by atoms with Crippen LogP contribution in [0, 0.1) is 11.8 Å². The maximum Gasteiger partial charge on any atom is 0.407 e. The van der Waals surface area contributed by atoms with Crippen molar-refractivity contribution in [2.24, 2.45) is 11.8 Å². The highest BCUT2D eigenvalue weighted by atomic mass is 16.5. The molecule has 4 N–H and O–H groups in total. The highest BCUT2D eigenvalue weighted by Gasteiger charge is 2.42. The summed E-state index contributed by atoms with van der Waals surface area (Å²) in [5.41, 5.74) is 7.90. The molecule has 17 nitrogen and oxygen atoms in total. The molecule has 7 heterocycles. The molecule has 0 radical (unpaired) electrons. The smallest absolute Gasteiger partial charge is 0.407 e. The van der Waals surface area contributed by atoms with E-state index in [1.165, 1.54) is 14.2 Å². The molecule has 4 amide bonds. The first-order valence-electron chi connectivity index (χ1n) is 22.2. The molecular weight excluding hydrogens is 809 g/mol. The van der Waals surface area contributed by atoms with Crippen LogP contribution in [0.15, 0.2) is 48.8 Å². The summed E-state index contributed by atoms with van der Waals surface area (Å²) in [4.78, 5) is 73.1. The van der Waals surface area contributed by atoms with Crippen molar-refractivity contribution in [2.75, 3.05) is 53.7 Å². The van der Waals surface area contributed by atoms with Crippen molar-refractivity contribution in [1.82, 2.24) is 40.4 Å². The van der Waals surface area contributed by atoms with E-state index in [-0.39, 0.29) is 35.7 Å². The molecule has 0 aliphatic carbocycles. The fourth-order valence-corrected chi connectivity index (χ4v) is 10.1. The van der Waals surface area contributed by atoms with Crippen LogP contribution in [0.25, 0.3) is 33.6 Å². The molecule has 2 aromatic heterocycles. The lowest BCUT2D eigenvalue weighted by molar-refractivity contribution is -0.137. The van der Waals surface area contributed by atoms with Crippen LogP contribution in [0.5, 0.6) is 0 Å². The minimum absolute atomic E-state index is 0.0388. The van der Waals surface area contributed by atoms with E-state index in [4.69, 9.17) is 33.7 Å². The molecule has 4 aromatic rings. The number of likely N-dealkylation sites (tertiary alicyclic amines) is 2. The molecule has 9 rings (SSSR count). The molecule has 4 atom stereocenters. The van der Waals surface area contributed by atoms with E-state index in [0.717, 1.165) is 70.5 Å². The second-order valence-corrected chi connectivity index (χ2v) is 17.1. The standard InChI is InChI=1S/C46H56N8O9/c1-59-45(57)51-39(27-11-17-61-18-12-27)43(55)53-15-3-5-37(53)41-47-23-35(49-41)29-7-9-33-31(21-29)25-63-26-32-22-30(8-10-34(32)33)36-24-48-42(50-36)38-6-4-16-54(38)44(56)40(52-46(58)60-2)28-13-19-62-20-14-28/h7-10,21-24,27-28,37-40H,3-6,11-20,25-26H2,1-2H3,(H,47,49)(H,48,50)(H,51,57)(H,52,58)/t37-,38-,39?,40?/m0/s1. The number of hydrogen-bond acceptors (Lipinski definition) is 11. The minimum atomic E-state index is -0.697. The monoisotopic (exact) mass is 864 g/mol. The summed E-state index contributed by atoms with van der Waals surface area (Å²) in [6.07, 6.45) is 8.34. The summed E-state index contributed by atoms with van der Waals surface area (Å²) in [6, 6.07) is 10.8. The van der Waals surface area contributed by atoms with Crippen LogP contribution in [-0.4, -0.2) is 120 Å². The topological polar surface area (TPSA) is 202 Å². The molecular formula is C46H56N8O9. The number of alkyl carbamates (subject to hydrolysis) is 2. The number of methoxy groups -OCH3 is 2. The summed E-state index contributed by atoms with van der Waals surface area (Å²) < 4.78 is 27.1. The highest BCUT2D eigenvalue weighted by Crippen LogP contribution is 2.39. The Morgan fingerprint density at radius 2 is 1.06 bits per heavy atom. The van der Waals surface area contributed by atoms with E-state index in [2.05, 4.69) is 57.0 Å². The first-order chi connectivity index (χ1) is 30.8. The lowest BCUT2D eigenvalue weighted by Gasteiger charge is -2.34. The fourth-order valence-electron chi connectivity index (χ4n) is 10.1. The number of fused-ring (bicyclic) bond motifs is 3. The van der Waals surface area contributed by atoms with Gasteiger partial charge in [0.05, 0.1) is 63.3 Å². The van der Waals surface area contributed by atoms with Crippen molar-refractivity contribution in [3.8, 4) is 33.6 Å². The molecule has 5 aliphatic heterocycles. The van der Waals surface area contributed by atoms with E-state index >= 15 is 0 Å². The van der Waals surface area contributed by atoms with Crippen molar-refractivity contribution in [1.29, 1.82) is 0 Å². The Morgan fingerprint density at radius 1 is 0.635 bits per heavy atom. The maximum absolute atomic E-state index is 14.1. The number of benzene rings is 2. The Kier molecular flexibility index (Phi) is 12.8. The van der Waals surface area contributed by atoms with Crippen LogP contribution in [0.2, 0.25) is 0 Å². The third-order valence-corrected chi connectivity index (χ3v) is 13.5. The van der Waals surface area contributed by atoms with E-state index in [0.29, 0.717) is 90.1 Å². The van der Waals surface area contributed by atoms with Crippen molar-refractivity contribution in [2.45, 2.75) is 88.7 Å². The minimum Gasteiger partial charge on any atom is -0.453 e. The van der Waals surface area contributed by atoms with Crippen LogP contribution in [0.1, 0.15) is 86.2 Å². The zero-order chi connectivity index (χ0) is 43.5. The number of ether oxygens (including phenoxy) is 5. The number of hydrogen-bond donors (Lipinski definition) is 4. The van der Waals surface area contributed by atoms with Gasteiger partial charge in [-0.05, 0) is 109 Å². The van der Waals surface area contributed by atoms with Gasteiger partial charge in [0.15, 0.2) is 0 Å². The summed E-state index contributed by atoms with van der Waals surface area (Å²) >= 11 is 0. The van der Waals surface area contributed by atoms with Gasteiger partial charge in [0, 0.05) is 39.5 Å². The van der Waals surface area contributed by atoms with Crippen molar-refractivity contribution >= 4 is 24.0 Å². The number of amides is 4. The van der Waals surface area contributed by atoms with E-state index in [1.54, 1.807) is 0 Å². The van der Waals surface area contributed by atoms with Crippen molar-refractivity contribution in [3.05, 3.63) is 71.6 Å². The van der Waals surface area contributed by atoms with Gasteiger partial charge in [0.25, 0.3) is 0 Å². The zero-order valence-electron chi connectivity index (χ0n) is 35.9. The van der Waals surface area contributed by atoms with Crippen molar-refractivity contribution < 1.29 is 42.9 Å². The van der Waals surface area contributed by atoms with Crippen molar-refractivity contribution in [3.63, 3.8) is 0 Å². The molecule has 17 heteroatoms. The zero-order valence-corrected chi connectivity index (χ0v) is 35.9. The lowest BCUT2D eigenvalue weighted by Crippen LogP contribution is -2.53. The van der Waals surface area contributed by atoms with Gasteiger partial charge in [0.2, 0.25) is 11.8 Å². The Hall–Kier alpha value is -5.78. The molecule has 4 fully saturated rings. The molecule has 5 aliphatic rings. The molecule has 2 aromatic carbocycles. The van der Waals surface area contributed by atoms with Crippen LogP contribution in [-0.2, 0) is 46.5 Å². The molecule has 63 heavy (non-hydrogen) atoms. The van der Waals surface area contributed by atoms with Gasteiger partial charge in [-0.15, -0.1) is 0 Å². The SMILES string of the molecule is COC(=O)NC(C(=O)N1CCC[C@H]1c1ncc(-c2ccc3c(c2)COCc2cc(-c4cnc([C@@H]5CCCN5C(=O)C(NC(=O)OC)C5CCOCC5)[nH]4)ccc2-3)[nH]1)C1CCOCC1. The molecule has 2 unspecified atom stereocenters. The second-order valence-electron chi connectivity index (χ2n) is 17.1. The third kappa shape index (κ3) is 8.91. The van der Waals surface area contributed by atoms with Gasteiger partial charge in [-0.3, -0.25) is 9.59 Å². The average molecular weight is 865 g/mol. The Morgan fingerprint density at radius 3 is 1.48 bits per heavy atom. The maximum atomic E-state index is 14.1. The number of aromatic nitrogens is 4. The number of carbonyl (C=O) groups is 4. The second kappa shape index (κ2) is 18.9. The summed E-state index contributed by atoms with van der Waals surface area (Å²) in [7, 11) is 2.62. The molecule has 0 bridgehead atoms. The van der Waals surface area contributed by atoms with Crippen LogP contribution < -0.4 is 10.6 Å². The van der Waals surface area contributed by atoms with Crippen LogP contribution in [0.4, 0.5) is 9.59 Å². The lowest BCUT2D eigenvalue weighted by atomic mass is 9.90. The van der Waals surface area contributed by atoms with Crippen LogP contribution in [0.3, 0.4) is 0 Å². The first-order valence-corrected chi connectivity index (χ1v) is 22.2. The number of rotatable bonds is 10. The quantitative estimate of drug-likeness (QED) is 0.150. The first kappa shape index (κ1) is 42.5. The number of H-pyrrole nitrogens is 2. The molecule has 4 saturated heterocycles. The highest BCUT2D eigenvalue weighted by molar-refractivity contribution is 5.87. The normalized spacial score (nSPS) is 21.5. The predicted octanol–water partition coefficient (Wildman–Crippen LogP) is 5.79. The number of carbonyl (C=O) groups excluding carboxylic acids is 4. The Balaban J connectivity index is 0.899. The Labute approximate surface area is 365 Å². The van der Waals surface area contributed by atoms with Gasteiger partial charge in [-0.1, -0.05) is 24.3 Å². The molecule has 0 spiro atoms. The largest absolute Gasteiger partial charge is 0.453 e. The van der Waals surface area contributed by atoms with Gasteiger partial charge in [-0.25, -0.2) is 19.6 Å². The molecule has 334 valence electrons. The number of aromatic amines is 2. The molecule has 0 saturated carbocycles. The van der Waals surface area contributed by atoms with E-state index < -0.39 is 24.3 Å². The number of nitrogens with one attached hydrogen (secondary N) is 4. The van der Waals surface area contributed by atoms with E-state index in [1.807, 2.05) is 22.2 Å². The summed E-state index contributed by atoms with van der Waals surface area (Å²) in [5, 5.41) is 5.64. The van der Waals surface area contributed by atoms with Gasteiger partial charge in [0.1, 0.15) is 23.7 Å². The third-order valence-electron chi connectivity index (χ3n) is 13.5. The van der Waals surface area contributed by atoms with Gasteiger partial charge in [-0.2, -0.15) is 0 Å².